The number of β-amino-alcohol motifs (C(OH)–C–C–N with tert-alkyl or cyclic N) is 1. The fourth-order valence-electron chi connectivity index (χ4n) is 2.54. The number of anilines is 1. The third kappa shape index (κ3) is 3.69. The number of primary sulfonamides is 1. The molecule has 7 heteroatoms. The number of nitrogens with two attached hydrogens (primary N) is 1. The highest BCUT2D eigenvalue weighted by Crippen LogP contribution is 2.24. The molecule has 1 saturated heterocycles. The van der Waals surface area contributed by atoms with E-state index in [9.17, 15) is 8.42 Å². The third-order valence-corrected chi connectivity index (χ3v) is 4.48. The van der Waals surface area contributed by atoms with Crippen molar-refractivity contribution in [2.24, 2.45) is 5.14 Å². The number of sulfonamides is 1. The Bertz CT molecular complexity index is 548. The van der Waals surface area contributed by atoms with E-state index in [1.54, 1.807) is 18.2 Å². The number of hydrogen-bond donors (Lipinski definition) is 2. The van der Waals surface area contributed by atoms with Crippen molar-refractivity contribution in [3.05, 3.63) is 24.3 Å². The van der Waals surface area contributed by atoms with E-state index >= 15 is 0 Å². The molecule has 0 spiro atoms. The van der Waals surface area contributed by atoms with Gasteiger partial charge >= 0.3 is 0 Å². The largest absolute Gasteiger partial charge is 0.395 e. The van der Waals surface area contributed by atoms with E-state index in [1.807, 2.05) is 6.07 Å². The lowest BCUT2D eigenvalue weighted by atomic mass is 10.2. The zero-order valence-electron chi connectivity index (χ0n) is 11.4. The Morgan fingerprint density at radius 2 is 1.90 bits per heavy atom. The van der Waals surface area contributed by atoms with Gasteiger partial charge in [0.25, 0.3) is 0 Å². The van der Waals surface area contributed by atoms with Crippen LogP contribution in [0.2, 0.25) is 0 Å². The van der Waals surface area contributed by atoms with Crippen LogP contribution in [0.4, 0.5) is 5.69 Å². The first kappa shape index (κ1) is 15.2. The molecule has 1 aromatic rings. The van der Waals surface area contributed by atoms with Crippen LogP contribution >= 0.6 is 0 Å². The van der Waals surface area contributed by atoms with Gasteiger partial charge in [0.15, 0.2) is 0 Å². The second-order valence-electron chi connectivity index (χ2n) is 4.92. The first-order valence-corrected chi connectivity index (χ1v) is 8.27. The topological polar surface area (TPSA) is 86.9 Å². The highest BCUT2D eigenvalue weighted by molar-refractivity contribution is 7.89. The molecule has 1 fully saturated rings. The quantitative estimate of drug-likeness (QED) is 0.806. The van der Waals surface area contributed by atoms with Crippen LogP contribution in [0.1, 0.15) is 6.42 Å². The normalized spacial score (nSPS) is 18.0. The number of benzene rings is 1. The summed E-state index contributed by atoms with van der Waals surface area (Å²) in [5, 5.41) is 14.3. The van der Waals surface area contributed by atoms with Crippen molar-refractivity contribution in [2.45, 2.75) is 11.3 Å². The molecule has 2 rings (SSSR count). The van der Waals surface area contributed by atoms with Crippen LogP contribution in [-0.2, 0) is 10.0 Å². The van der Waals surface area contributed by atoms with E-state index < -0.39 is 10.0 Å². The van der Waals surface area contributed by atoms with Crippen LogP contribution < -0.4 is 10.0 Å². The van der Waals surface area contributed by atoms with Crippen molar-refractivity contribution < 1.29 is 13.5 Å². The van der Waals surface area contributed by atoms with Gasteiger partial charge < -0.3 is 10.0 Å². The van der Waals surface area contributed by atoms with Crippen LogP contribution in [0, 0.1) is 0 Å². The smallest absolute Gasteiger partial charge is 0.240 e. The second-order valence-corrected chi connectivity index (χ2v) is 6.45. The van der Waals surface area contributed by atoms with Gasteiger partial charge in [0.1, 0.15) is 4.90 Å². The number of aliphatic hydroxyl groups is 1. The number of hydrogen-bond acceptors (Lipinski definition) is 5. The van der Waals surface area contributed by atoms with Gasteiger partial charge in [-0.25, -0.2) is 13.6 Å². The Hall–Kier alpha value is -1.15. The summed E-state index contributed by atoms with van der Waals surface area (Å²) < 4.78 is 23.3. The SMILES string of the molecule is NS(=O)(=O)c1ccccc1N1CCCN(CCO)CC1. The van der Waals surface area contributed by atoms with Crippen molar-refractivity contribution in [1.29, 1.82) is 0 Å². The Kier molecular flexibility index (Phi) is 4.98. The molecule has 0 aliphatic carbocycles. The van der Waals surface area contributed by atoms with Gasteiger partial charge in [-0.2, -0.15) is 0 Å². The molecule has 112 valence electrons. The van der Waals surface area contributed by atoms with Crippen molar-refractivity contribution in [2.75, 3.05) is 44.2 Å². The first-order chi connectivity index (χ1) is 9.52. The summed E-state index contributed by atoms with van der Waals surface area (Å²) in [4.78, 5) is 4.41. The van der Waals surface area contributed by atoms with E-state index in [4.69, 9.17) is 10.2 Å². The van der Waals surface area contributed by atoms with Crippen LogP contribution in [0.5, 0.6) is 0 Å². The molecule has 1 aliphatic heterocycles. The summed E-state index contributed by atoms with van der Waals surface area (Å²) in [7, 11) is -3.71. The molecule has 0 aromatic heterocycles. The van der Waals surface area contributed by atoms with Crippen molar-refractivity contribution in [3.8, 4) is 0 Å². The fraction of sp³-hybridized carbons (Fsp3) is 0.538. The molecule has 1 aliphatic rings. The first-order valence-electron chi connectivity index (χ1n) is 6.72. The summed E-state index contributed by atoms with van der Waals surface area (Å²) in [6.45, 7) is 4.04. The van der Waals surface area contributed by atoms with Crippen LogP contribution in [-0.4, -0.2) is 57.8 Å². The average molecular weight is 299 g/mol. The number of aliphatic hydroxyl groups excluding tert-OH is 1. The highest BCUT2D eigenvalue weighted by Gasteiger charge is 2.20. The molecular weight excluding hydrogens is 278 g/mol. The number of para-hydroxylation sites is 1. The molecule has 1 heterocycles. The van der Waals surface area contributed by atoms with Gasteiger partial charge in [-0.05, 0) is 25.1 Å². The molecule has 0 bridgehead atoms. The maximum Gasteiger partial charge on any atom is 0.240 e. The fourth-order valence-corrected chi connectivity index (χ4v) is 3.29. The molecule has 0 unspecified atom stereocenters. The zero-order chi connectivity index (χ0) is 14.6. The van der Waals surface area contributed by atoms with Crippen molar-refractivity contribution >= 4 is 15.7 Å². The van der Waals surface area contributed by atoms with Gasteiger partial charge in [-0.3, -0.25) is 4.90 Å². The lowest BCUT2D eigenvalue weighted by molar-refractivity contribution is 0.204. The molecule has 0 amide bonds. The molecule has 6 nitrogen and oxygen atoms in total. The zero-order valence-corrected chi connectivity index (χ0v) is 12.2. The number of nitrogens with zero attached hydrogens (tertiary/aromatic N) is 2. The number of rotatable bonds is 4. The minimum atomic E-state index is -3.71. The van der Waals surface area contributed by atoms with E-state index in [0.717, 1.165) is 32.6 Å². The van der Waals surface area contributed by atoms with Gasteiger partial charge in [0, 0.05) is 26.2 Å². The van der Waals surface area contributed by atoms with Gasteiger partial charge in [0.05, 0.1) is 12.3 Å². The lowest BCUT2D eigenvalue weighted by Gasteiger charge is -2.25. The van der Waals surface area contributed by atoms with Crippen LogP contribution in [0.15, 0.2) is 29.2 Å². The Morgan fingerprint density at radius 3 is 2.60 bits per heavy atom. The minimum Gasteiger partial charge on any atom is -0.395 e. The van der Waals surface area contributed by atoms with Crippen molar-refractivity contribution in [1.82, 2.24) is 4.90 Å². The van der Waals surface area contributed by atoms with E-state index in [0.29, 0.717) is 12.2 Å². The highest BCUT2D eigenvalue weighted by atomic mass is 32.2. The van der Waals surface area contributed by atoms with E-state index in [-0.39, 0.29) is 11.5 Å². The monoisotopic (exact) mass is 299 g/mol. The summed E-state index contributed by atoms with van der Waals surface area (Å²) >= 11 is 0. The van der Waals surface area contributed by atoms with E-state index in [2.05, 4.69) is 9.80 Å². The summed E-state index contributed by atoms with van der Waals surface area (Å²) in [6, 6.07) is 6.84. The third-order valence-electron chi connectivity index (χ3n) is 3.52. The standard InChI is InChI=1S/C13H21N3O3S/c14-20(18,19)13-5-2-1-4-12(13)16-7-3-6-15(8-9-16)10-11-17/h1-2,4-5,17H,3,6-11H2,(H2,14,18,19). The summed E-state index contributed by atoms with van der Waals surface area (Å²) in [5.74, 6) is 0. The molecule has 0 saturated carbocycles. The minimum absolute atomic E-state index is 0.147. The molecule has 1 aromatic carbocycles. The Morgan fingerprint density at radius 1 is 1.15 bits per heavy atom. The molecular formula is C13H21N3O3S. The van der Waals surface area contributed by atoms with Gasteiger partial charge in [-0.15, -0.1) is 0 Å². The molecule has 20 heavy (non-hydrogen) atoms. The molecule has 0 atom stereocenters. The van der Waals surface area contributed by atoms with E-state index in [1.165, 1.54) is 0 Å². The predicted molar refractivity (Wildman–Crippen MR) is 78.2 cm³/mol. The second kappa shape index (κ2) is 6.53. The van der Waals surface area contributed by atoms with Crippen LogP contribution in [0.3, 0.4) is 0 Å². The summed E-state index contributed by atoms with van der Waals surface area (Å²) in [5.41, 5.74) is 0.667. The Balaban J connectivity index is 2.20. The maximum absolute atomic E-state index is 11.7. The van der Waals surface area contributed by atoms with Crippen molar-refractivity contribution in [3.63, 3.8) is 0 Å². The molecule has 3 N–H and O–H groups in total. The van der Waals surface area contributed by atoms with Gasteiger partial charge in [0.2, 0.25) is 10.0 Å². The molecule has 0 radical (unpaired) electrons. The maximum atomic E-state index is 11.7. The average Bonchev–Trinajstić information content (AvgIpc) is 2.64. The Labute approximate surface area is 119 Å². The van der Waals surface area contributed by atoms with Crippen LogP contribution in [0.25, 0.3) is 0 Å². The van der Waals surface area contributed by atoms with Gasteiger partial charge in [-0.1, -0.05) is 12.1 Å². The lowest BCUT2D eigenvalue weighted by Crippen LogP contribution is -2.33. The predicted octanol–water partition coefficient (Wildman–Crippen LogP) is -0.162. The summed E-state index contributed by atoms with van der Waals surface area (Å²) in [6.07, 6.45) is 0.930.